The molecular formula is C21H26ClN3O. The van der Waals surface area contributed by atoms with Crippen LogP contribution in [0.15, 0.2) is 42.6 Å². The molecule has 2 aliphatic rings. The highest BCUT2D eigenvalue weighted by atomic mass is 35.5. The molecule has 1 fully saturated rings. The molecule has 26 heavy (non-hydrogen) atoms. The average molecular weight is 372 g/mol. The summed E-state index contributed by atoms with van der Waals surface area (Å²) in [7, 11) is 0. The Morgan fingerprint density at radius 1 is 1.08 bits per heavy atom. The molecule has 1 N–H and O–H groups in total. The number of aliphatic hydroxyl groups excluding tert-OH is 1. The number of aromatic nitrogens is 1. The number of hydrogen-bond donors (Lipinski definition) is 1. The van der Waals surface area contributed by atoms with E-state index in [0.29, 0.717) is 0 Å². The number of fused-ring (bicyclic) bond motifs is 1. The van der Waals surface area contributed by atoms with Gasteiger partial charge < -0.3 is 14.6 Å². The summed E-state index contributed by atoms with van der Waals surface area (Å²) in [6.45, 7) is 6.40. The largest absolute Gasteiger partial charge is 0.388 e. The lowest BCUT2D eigenvalue weighted by atomic mass is 10.0. The zero-order valence-corrected chi connectivity index (χ0v) is 15.8. The first-order valence-electron chi connectivity index (χ1n) is 9.47. The molecule has 1 aliphatic heterocycles. The summed E-state index contributed by atoms with van der Waals surface area (Å²) in [6, 6.07) is 10.2. The molecule has 4 rings (SSSR count). The number of benzene rings is 1. The third-order valence-corrected chi connectivity index (χ3v) is 5.69. The summed E-state index contributed by atoms with van der Waals surface area (Å²) < 4.78 is 2.27. The van der Waals surface area contributed by atoms with E-state index in [-0.39, 0.29) is 6.10 Å². The Hall–Kier alpha value is -1.75. The lowest BCUT2D eigenvalue weighted by Crippen LogP contribution is -2.46. The summed E-state index contributed by atoms with van der Waals surface area (Å²) in [6.07, 6.45) is 7.84. The second-order valence-electron chi connectivity index (χ2n) is 7.17. The third-order valence-electron chi connectivity index (χ3n) is 5.45. The first-order chi connectivity index (χ1) is 12.7. The van der Waals surface area contributed by atoms with Gasteiger partial charge in [-0.15, -0.1) is 0 Å². The van der Waals surface area contributed by atoms with Crippen LogP contribution < -0.4 is 4.90 Å². The number of hydrogen-bond acceptors (Lipinski definition) is 3. The van der Waals surface area contributed by atoms with Gasteiger partial charge in [0, 0.05) is 60.9 Å². The van der Waals surface area contributed by atoms with Crippen molar-refractivity contribution in [2.75, 3.05) is 37.6 Å². The second kappa shape index (κ2) is 7.87. The summed E-state index contributed by atoms with van der Waals surface area (Å²) in [4.78, 5) is 4.96. The van der Waals surface area contributed by atoms with Crippen LogP contribution in [0.2, 0.25) is 5.02 Å². The predicted molar refractivity (Wildman–Crippen MR) is 108 cm³/mol. The summed E-state index contributed by atoms with van der Waals surface area (Å²) in [5, 5.41) is 10.9. The summed E-state index contributed by atoms with van der Waals surface area (Å²) >= 11 is 6.11. The Kier molecular flexibility index (Phi) is 5.34. The second-order valence-corrected chi connectivity index (χ2v) is 7.60. The number of halogens is 1. The maximum absolute atomic E-state index is 10.1. The Balaban J connectivity index is 1.25. The fraction of sp³-hybridized carbons (Fsp3) is 0.429. The zero-order valence-electron chi connectivity index (χ0n) is 15.0. The highest BCUT2D eigenvalue weighted by Crippen LogP contribution is 2.28. The normalized spacial score (nSPS) is 20.4. The number of aryl methyl sites for hydroxylation is 1. The van der Waals surface area contributed by atoms with Crippen molar-refractivity contribution in [3.8, 4) is 0 Å². The Labute approximate surface area is 160 Å². The van der Waals surface area contributed by atoms with E-state index in [4.69, 9.17) is 11.6 Å². The lowest BCUT2D eigenvalue weighted by Gasteiger charge is -2.36. The Morgan fingerprint density at radius 3 is 2.73 bits per heavy atom. The van der Waals surface area contributed by atoms with Crippen LogP contribution >= 0.6 is 11.6 Å². The van der Waals surface area contributed by atoms with Crippen molar-refractivity contribution in [1.82, 2.24) is 9.47 Å². The quantitative estimate of drug-likeness (QED) is 0.867. The van der Waals surface area contributed by atoms with Crippen LogP contribution in [0.5, 0.6) is 0 Å². The van der Waals surface area contributed by atoms with Gasteiger partial charge in [-0.2, -0.15) is 0 Å². The van der Waals surface area contributed by atoms with Crippen molar-refractivity contribution in [1.29, 1.82) is 0 Å². The monoisotopic (exact) mass is 371 g/mol. The molecule has 0 radical (unpaired) electrons. The molecule has 1 atom stereocenters. The van der Waals surface area contributed by atoms with Gasteiger partial charge in [0.15, 0.2) is 0 Å². The van der Waals surface area contributed by atoms with Crippen LogP contribution in [0.3, 0.4) is 0 Å². The molecule has 0 amide bonds. The molecule has 1 unspecified atom stereocenters. The minimum atomic E-state index is -0.337. The highest BCUT2D eigenvalue weighted by Gasteiger charge is 2.19. The first kappa shape index (κ1) is 17.7. The Bertz CT molecular complexity index is 777. The number of aliphatic hydroxyl groups is 1. The van der Waals surface area contributed by atoms with Crippen LogP contribution in [-0.2, 0) is 6.54 Å². The van der Waals surface area contributed by atoms with E-state index in [1.54, 1.807) is 0 Å². The van der Waals surface area contributed by atoms with Crippen molar-refractivity contribution in [3.63, 3.8) is 0 Å². The molecule has 2 heterocycles. The first-order valence-corrected chi connectivity index (χ1v) is 9.85. The third kappa shape index (κ3) is 3.83. The molecule has 0 bridgehead atoms. The van der Waals surface area contributed by atoms with E-state index in [0.717, 1.165) is 62.7 Å². The van der Waals surface area contributed by atoms with E-state index >= 15 is 0 Å². The molecule has 1 saturated heterocycles. The van der Waals surface area contributed by atoms with Crippen LogP contribution in [-0.4, -0.2) is 47.3 Å². The van der Waals surface area contributed by atoms with E-state index < -0.39 is 0 Å². The molecule has 5 heteroatoms. The van der Waals surface area contributed by atoms with Crippen molar-refractivity contribution >= 4 is 23.4 Å². The van der Waals surface area contributed by atoms with Crippen molar-refractivity contribution in [2.24, 2.45) is 0 Å². The topological polar surface area (TPSA) is 31.6 Å². The van der Waals surface area contributed by atoms with Crippen LogP contribution in [0.25, 0.3) is 6.08 Å². The van der Waals surface area contributed by atoms with E-state index in [9.17, 15) is 5.11 Å². The molecular weight excluding hydrogens is 346 g/mol. The van der Waals surface area contributed by atoms with Crippen LogP contribution in [0, 0.1) is 0 Å². The van der Waals surface area contributed by atoms with Gasteiger partial charge in [0.05, 0.1) is 6.10 Å². The maximum Gasteiger partial charge on any atom is 0.0845 e. The molecule has 1 aromatic carbocycles. The predicted octanol–water partition coefficient (Wildman–Crippen LogP) is 3.80. The Morgan fingerprint density at radius 2 is 1.92 bits per heavy atom. The van der Waals surface area contributed by atoms with Gasteiger partial charge in [0.25, 0.3) is 0 Å². The lowest BCUT2D eigenvalue weighted by molar-refractivity contribution is 0.180. The SMILES string of the molecule is OC1CC=Cc2c1ccn2CCCN1CCN(c2cccc(Cl)c2)CC1. The van der Waals surface area contributed by atoms with E-state index in [1.807, 2.05) is 18.2 Å². The number of rotatable bonds is 5. The molecule has 0 saturated carbocycles. The molecule has 0 spiro atoms. The molecule has 1 aromatic heterocycles. The smallest absolute Gasteiger partial charge is 0.0845 e. The van der Waals surface area contributed by atoms with Crippen molar-refractivity contribution in [2.45, 2.75) is 25.5 Å². The van der Waals surface area contributed by atoms with Gasteiger partial charge in [-0.05, 0) is 49.7 Å². The van der Waals surface area contributed by atoms with E-state index in [1.165, 1.54) is 11.4 Å². The van der Waals surface area contributed by atoms with Crippen molar-refractivity contribution in [3.05, 3.63) is 58.9 Å². The fourth-order valence-electron chi connectivity index (χ4n) is 3.97. The molecule has 4 nitrogen and oxygen atoms in total. The van der Waals surface area contributed by atoms with Crippen molar-refractivity contribution < 1.29 is 5.11 Å². The minimum absolute atomic E-state index is 0.337. The maximum atomic E-state index is 10.1. The van der Waals surface area contributed by atoms with Gasteiger partial charge in [0.1, 0.15) is 0 Å². The van der Waals surface area contributed by atoms with Crippen LogP contribution in [0.1, 0.15) is 30.2 Å². The number of anilines is 1. The van der Waals surface area contributed by atoms with Gasteiger partial charge in [-0.25, -0.2) is 0 Å². The molecule has 138 valence electrons. The number of piperazine rings is 1. The fourth-order valence-corrected chi connectivity index (χ4v) is 4.16. The highest BCUT2D eigenvalue weighted by molar-refractivity contribution is 6.30. The van der Waals surface area contributed by atoms with Gasteiger partial charge in [0.2, 0.25) is 0 Å². The van der Waals surface area contributed by atoms with Gasteiger partial charge >= 0.3 is 0 Å². The minimum Gasteiger partial charge on any atom is -0.388 e. The zero-order chi connectivity index (χ0) is 17.9. The van der Waals surface area contributed by atoms with E-state index in [2.05, 4.69) is 44.8 Å². The molecule has 1 aliphatic carbocycles. The summed E-state index contributed by atoms with van der Waals surface area (Å²) in [5.74, 6) is 0. The van der Waals surface area contributed by atoms with Crippen LogP contribution in [0.4, 0.5) is 5.69 Å². The number of nitrogens with zero attached hydrogens (tertiary/aromatic N) is 3. The average Bonchev–Trinajstić information content (AvgIpc) is 3.07. The van der Waals surface area contributed by atoms with Gasteiger partial charge in [-0.3, -0.25) is 4.90 Å². The standard InChI is InChI=1S/C21H26ClN3O/c22-17-4-1-5-18(16-17)24-14-12-23(13-15-24)9-3-10-25-11-8-19-20(25)6-2-7-21(19)26/h1-2,4-6,8,11,16,21,26H,3,7,9-10,12-15H2. The molecule has 2 aromatic rings. The summed E-state index contributed by atoms with van der Waals surface area (Å²) in [5.41, 5.74) is 3.47. The van der Waals surface area contributed by atoms with Gasteiger partial charge in [-0.1, -0.05) is 23.7 Å².